The molecule has 7 nitrogen and oxygen atoms in total. The van der Waals surface area contributed by atoms with Crippen LogP contribution in [-0.4, -0.2) is 38.9 Å². The van der Waals surface area contributed by atoms with E-state index in [4.69, 9.17) is 4.74 Å². The van der Waals surface area contributed by atoms with Crippen LogP contribution < -0.4 is 5.32 Å². The van der Waals surface area contributed by atoms with Crippen LogP contribution in [-0.2, 0) is 19.4 Å². The first-order valence-electron chi connectivity index (χ1n) is 8.12. The number of Topliss-reactive ketones (excluding diaryl/α,β-unsaturated/α-hetero) is 1. The second-order valence-electron chi connectivity index (χ2n) is 6.28. The van der Waals surface area contributed by atoms with E-state index in [0.717, 1.165) is 6.26 Å². The second kappa shape index (κ2) is 6.96. The van der Waals surface area contributed by atoms with E-state index in [9.17, 15) is 22.8 Å². The summed E-state index contributed by atoms with van der Waals surface area (Å²) in [5.41, 5.74) is 1.55. The van der Waals surface area contributed by atoms with Crippen LogP contribution >= 0.6 is 0 Å². The van der Waals surface area contributed by atoms with Crippen molar-refractivity contribution < 1.29 is 27.5 Å². The van der Waals surface area contributed by atoms with Crippen molar-refractivity contribution in [3.8, 4) is 0 Å². The molecule has 0 aromatic heterocycles. The first-order valence-corrected chi connectivity index (χ1v) is 10.0. The molecule has 8 heteroatoms. The maximum Gasteiger partial charge on any atom is 0.339 e. The zero-order chi connectivity index (χ0) is 19.8. The Bertz CT molecular complexity index is 1060. The number of esters is 1. The Hall–Kier alpha value is -3.00. The molecule has 0 fully saturated rings. The van der Waals surface area contributed by atoms with Crippen LogP contribution in [0.2, 0.25) is 0 Å². The molecule has 3 rings (SSSR count). The highest BCUT2D eigenvalue weighted by Crippen LogP contribution is 2.32. The molecule has 0 aliphatic carbocycles. The molecular weight excluding hydrogens is 370 g/mol. The van der Waals surface area contributed by atoms with Gasteiger partial charge in [-0.2, -0.15) is 0 Å². The molecule has 27 heavy (non-hydrogen) atoms. The molecule has 2 aromatic carbocycles. The lowest BCUT2D eigenvalue weighted by atomic mass is 9.99. The molecule has 1 aliphatic heterocycles. The molecule has 0 unspecified atom stereocenters. The summed E-state index contributed by atoms with van der Waals surface area (Å²) in [4.78, 5) is 36.1. The lowest BCUT2D eigenvalue weighted by Crippen LogP contribution is -2.16. The van der Waals surface area contributed by atoms with Crippen LogP contribution in [0.15, 0.2) is 47.4 Å². The molecule has 1 aliphatic rings. The smallest absolute Gasteiger partial charge is 0.339 e. The average Bonchev–Trinajstić information content (AvgIpc) is 2.92. The van der Waals surface area contributed by atoms with Crippen LogP contribution in [0.1, 0.15) is 39.1 Å². The molecule has 2 aromatic rings. The standard InChI is InChI=1S/C19H17NO6S/c1-11-14-9-12(7-8-15(14)20-18(11)22)16(21)10-26-19(23)13-5-3-4-6-17(13)27(2,24)25/h3-9,11H,10H2,1-2H3,(H,20,22)/t11-/m1/s1. The van der Waals surface area contributed by atoms with Crippen molar-refractivity contribution in [1.29, 1.82) is 0 Å². The van der Waals surface area contributed by atoms with E-state index in [1.54, 1.807) is 19.1 Å². The Morgan fingerprint density at radius 1 is 1.15 bits per heavy atom. The molecule has 140 valence electrons. The SMILES string of the molecule is C[C@H]1C(=O)Nc2ccc(C(=O)COC(=O)c3ccccc3S(C)(=O)=O)cc21. The number of nitrogens with one attached hydrogen (secondary N) is 1. The quantitative estimate of drug-likeness (QED) is 0.623. The number of ketones is 1. The molecule has 1 heterocycles. The Kier molecular flexibility index (Phi) is 4.84. The minimum absolute atomic E-state index is 0.120. The van der Waals surface area contributed by atoms with Crippen LogP contribution in [0.5, 0.6) is 0 Å². The number of fused-ring (bicyclic) bond motifs is 1. The third-order valence-corrected chi connectivity index (χ3v) is 5.49. The number of sulfone groups is 1. The normalized spacial score (nSPS) is 15.8. The maximum atomic E-state index is 12.3. The molecule has 0 saturated carbocycles. The number of anilines is 1. The molecule has 1 N–H and O–H groups in total. The van der Waals surface area contributed by atoms with Gasteiger partial charge in [-0.05, 0) is 42.8 Å². The van der Waals surface area contributed by atoms with Crippen LogP contribution in [0.4, 0.5) is 5.69 Å². The fourth-order valence-electron chi connectivity index (χ4n) is 2.84. The average molecular weight is 387 g/mol. The Balaban J connectivity index is 1.74. The highest BCUT2D eigenvalue weighted by Gasteiger charge is 2.27. The van der Waals surface area contributed by atoms with Crippen molar-refractivity contribution in [2.75, 3.05) is 18.2 Å². The van der Waals surface area contributed by atoms with Crippen molar-refractivity contribution in [3.05, 3.63) is 59.2 Å². The minimum Gasteiger partial charge on any atom is -0.454 e. The monoisotopic (exact) mass is 387 g/mol. The summed E-state index contributed by atoms with van der Waals surface area (Å²) in [6.45, 7) is 1.20. The summed E-state index contributed by atoms with van der Waals surface area (Å²) < 4.78 is 28.6. The molecule has 1 atom stereocenters. The fourth-order valence-corrected chi connectivity index (χ4v) is 3.72. The highest BCUT2D eigenvalue weighted by atomic mass is 32.2. The van der Waals surface area contributed by atoms with Gasteiger partial charge in [0.1, 0.15) is 0 Å². The molecule has 0 radical (unpaired) electrons. The zero-order valence-electron chi connectivity index (χ0n) is 14.7. The topological polar surface area (TPSA) is 107 Å². The number of ether oxygens (including phenoxy) is 1. The van der Waals surface area contributed by atoms with E-state index in [-0.39, 0.29) is 22.3 Å². The van der Waals surface area contributed by atoms with Crippen molar-refractivity contribution in [3.63, 3.8) is 0 Å². The summed E-state index contributed by atoms with van der Waals surface area (Å²) >= 11 is 0. The van der Waals surface area contributed by atoms with E-state index in [0.29, 0.717) is 16.8 Å². The van der Waals surface area contributed by atoms with Gasteiger partial charge in [0.25, 0.3) is 0 Å². The third-order valence-electron chi connectivity index (χ3n) is 4.33. The van der Waals surface area contributed by atoms with E-state index in [1.165, 1.54) is 30.3 Å². The van der Waals surface area contributed by atoms with Crippen molar-refractivity contribution >= 4 is 33.2 Å². The number of carbonyl (C=O) groups is 3. The number of carbonyl (C=O) groups excluding carboxylic acids is 3. The predicted octanol–water partition coefficient (Wildman–Crippen LogP) is 2.19. The summed E-state index contributed by atoms with van der Waals surface area (Å²) in [7, 11) is -3.61. The van der Waals surface area contributed by atoms with E-state index in [2.05, 4.69) is 5.32 Å². The lowest BCUT2D eigenvalue weighted by Gasteiger charge is -2.09. The van der Waals surface area contributed by atoms with Gasteiger partial charge in [0, 0.05) is 17.5 Å². The summed E-state index contributed by atoms with van der Waals surface area (Å²) in [6.07, 6.45) is 0.991. The van der Waals surface area contributed by atoms with Crippen LogP contribution in [0.3, 0.4) is 0 Å². The number of benzene rings is 2. The summed E-state index contributed by atoms with van der Waals surface area (Å²) in [5.74, 6) is -1.85. The molecule has 1 amide bonds. The van der Waals surface area contributed by atoms with Gasteiger partial charge >= 0.3 is 5.97 Å². The van der Waals surface area contributed by atoms with E-state index >= 15 is 0 Å². The first kappa shape index (κ1) is 18.8. The highest BCUT2D eigenvalue weighted by molar-refractivity contribution is 7.90. The van der Waals surface area contributed by atoms with E-state index < -0.39 is 28.2 Å². The number of hydrogen-bond acceptors (Lipinski definition) is 6. The Labute approximate surface area is 156 Å². The largest absolute Gasteiger partial charge is 0.454 e. The van der Waals surface area contributed by atoms with Gasteiger partial charge in [0.05, 0.1) is 16.4 Å². The summed E-state index contributed by atoms with van der Waals surface area (Å²) in [5, 5.41) is 2.71. The molecule has 0 spiro atoms. The van der Waals surface area contributed by atoms with Gasteiger partial charge in [0.15, 0.2) is 22.2 Å². The Morgan fingerprint density at radius 3 is 2.56 bits per heavy atom. The third kappa shape index (κ3) is 3.75. The van der Waals surface area contributed by atoms with Crippen molar-refractivity contribution in [1.82, 2.24) is 0 Å². The number of amides is 1. The van der Waals surface area contributed by atoms with Crippen LogP contribution in [0, 0.1) is 0 Å². The van der Waals surface area contributed by atoms with Gasteiger partial charge in [-0.1, -0.05) is 12.1 Å². The van der Waals surface area contributed by atoms with Crippen LogP contribution in [0.25, 0.3) is 0 Å². The minimum atomic E-state index is -3.61. The number of hydrogen-bond donors (Lipinski definition) is 1. The predicted molar refractivity (Wildman–Crippen MR) is 97.7 cm³/mol. The Morgan fingerprint density at radius 2 is 1.85 bits per heavy atom. The van der Waals surface area contributed by atoms with Crippen molar-refractivity contribution in [2.24, 2.45) is 0 Å². The van der Waals surface area contributed by atoms with Crippen molar-refractivity contribution in [2.45, 2.75) is 17.7 Å². The summed E-state index contributed by atoms with van der Waals surface area (Å²) in [6, 6.07) is 10.4. The lowest BCUT2D eigenvalue weighted by molar-refractivity contribution is -0.116. The first-order chi connectivity index (χ1) is 12.7. The fraction of sp³-hybridized carbons (Fsp3) is 0.211. The maximum absolute atomic E-state index is 12.3. The van der Waals surface area contributed by atoms with Gasteiger partial charge in [-0.15, -0.1) is 0 Å². The molecule has 0 saturated heterocycles. The number of rotatable bonds is 5. The second-order valence-corrected chi connectivity index (χ2v) is 8.26. The van der Waals surface area contributed by atoms with Gasteiger partial charge < -0.3 is 10.1 Å². The van der Waals surface area contributed by atoms with Gasteiger partial charge in [0.2, 0.25) is 5.91 Å². The van der Waals surface area contributed by atoms with Gasteiger partial charge in [-0.3, -0.25) is 9.59 Å². The molecule has 0 bridgehead atoms. The molecular formula is C19H17NO6S. The van der Waals surface area contributed by atoms with E-state index in [1.807, 2.05) is 0 Å². The van der Waals surface area contributed by atoms with Gasteiger partial charge in [-0.25, -0.2) is 13.2 Å². The zero-order valence-corrected chi connectivity index (χ0v) is 15.5.